The highest BCUT2D eigenvalue weighted by Gasteiger charge is 2.42. The molecule has 0 spiro atoms. The number of aromatic nitrogens is 2. The monoisotopic (exact) mass is 353 g/mol. The van der Waals surface area contributed by atoms with Crippen LogP contribution in [0.1, 0.15) is 16.1 Å². The van der Waals surface area contributed by atoms with Crippen molar-refractivity contribution < 1.29 is 13.2 Å². The Morgan fingerprint density at radius 2 is 2.00 bits per heavy atom. The van der Waals surface area contributed by atoms with Crippen molar-refractivity contribution in [1.82, 2.24) is 14.3 Å². The first-order chi connectivity index (χ1) is 9.50. The summed E-state index contributed by atoms with van der Waals surface area (Å²) in [6.07, 6.45) is 2.90. The molecular formula is C12H8BrN3O3S. The van der Waals surface area contributed by atoms with Gasteiger partial charge in [0, 0.05) is 16.9 Å². The third-order valence-electron chi connectivity index (χ3n) is 2.86. The molecule has 0 fully saturated rings. The van der Waals surface area contributed by atoms with E-state index in [0.29, 0.717) is 5.69 Å². The molecule has 1 aliphatic rings. The van der Waals surface area contributed by atoms with Gasteiger partial charge < -0.3 is 0 Å². The fourth-order valence-corrected chi connectivity index (χ4v) is 3.60. The van der Waals surface area contributed by atoms with Gasteiger partial charge in [0.1, 0.15) is 0 Å². The summed E-state index contributed by atoms with van der Waals surface area (Å²) in [5, 5.41) is -0.192. The first-order valence-electron chi connectivity index (χ1n) is 5.62. The Bertz CT molecular complexity index is 790. The van der Waals surface area contributed by atoms with Crippen molar-refractivity contribution in [3.05, 3.63) is 52.4 Å². The van der Waals surface area contributed by atoms with Gasteiger partial charge in [-0.05, 0) is 40.2 Å². The standard InChI is InChI=1S/C12H8BrN3O3S/c13-8-3-4-9(15-6-8)7-16-12(17)10-2-1-5-14-11(10)20(16,18)19/h1-6H,7H2. The van der Waals surface area contributed by atoms with E-state index in [-0.39, 0.29) is 17.1 Å². The van der Waals surface area contributed by atoms with Crippen molar-refractivity contribution in [2.24, 2.45) is 0 Å². The summed E-state index contributed by atoms with van der Waals surface area (Å²) in [7, 11) is -3.88. The fourth-order valence-electron chi connectivity index (χ4n) is 1.91. The number of amides is 1. The third-order valence-corrected chi connectivity index (χ3v) is 5.02. The molecule has 0 N–H and O–H groups in total. The third kappa shape index (κ3) is 2.01. The molecule has 3 heterocycles. The second kappa shape index (κ2) is 4.64. The molecule has 6 nitrogen and oxygen atoms in total. The van der Waals surface area contributed by atoms with E-state index in [1.165, 1.54) is 18.3 Å². The molecular weight excluding hydrogens is 346 g/mol. The lowest BCUT2D eigenvalue weighted by atomic mass is 10.2. The summed E-state index contributed by atoms with van der Waals surface area (Å²) in [5.74, 6) is -0.571. The van der Waals surface area contributed by atoms with Crippen LogP contribution < -0.4 is 0 Å². The topological polar surface area (TPSA) is 80.2 Å². The molecule has 1 aliphatic heterocycles. The Kier molecular flexibility index (Phi) is 3.06. The molecule has 8 heteroatoms. The van der Waals surface area contributed by atoms with E-state index in [0.717, 1.165) is 8.78 Å². The van der Waals surface area contributed by atoms with Gasteiger partial charge in [-0.3, -0.25) is 9.78 Å². The van der Waals surface area contributed by atoms with Crippen molar-refractivity contribution in [2.75, 3.05) is 0 Å². The van der Waals surface area contributed by atoms with E-state index in [4.69, 9.17) is 0 Å². The second-order valence-corrected chi connectivity index (χ2v) is 6.83. The highest BCUT2D eigenvalue weighted by molar-refractivity contribution is 9.10. The van der Waals surface area contributed by atoms with E-state index in [1.807, 2.05) is 0 Å². The van der Waals surface area contributed by atoms with E-state index in [9.17, 15) is 13.2 Å². The first-order valence-corrected chi connectivity index (χ1v) is 7.86. The maximum atomic E-state index is 12.3. The molecule has 0 atom stereocenters. The van der Waals surface area contributed by atoms with E-state index in [2.05, 4.69) is 25.9 Å². The second-order valence-electron chi connectivity index (χ2n) is 4.14. The highest BCUT2D eigenvalue weighted by atomic mass is 79.9. The summed E-state index contributed by atoms with van der Waals surface area (Å²) < 4.78 is 26.1. The molecule has 1 amide bonds. The molecule has 0 bridgehead atoms. The van der Waals surface area contributed by atoms with Gasteiger partial charge in [-0.25, -0.2) is 9.29 Å². The zero-order valence-electron chi connectivity index (χ0n) is 10.0. The lowest BCUT2D eigenvalue weighted by Crippen LogP contribution is -2.29. The van der Waals surface area contributed by atoms with Crippen molar-refractivity contribution in [1.29, 1.82) is 0 Å². The van der Waals surface area contributed by atoms with Gasteiger partial charge >= 0.3 is 0 Å². The number of fused-ring (bicyclic) bond motifs is 1. The molecule has 0 saturated carbocycles. The lowest BCUT2D eigenvalue weighted by molar-refractivity contribution is 0.0863. The fraction of sp³-hybridized carbons (Fsp3) is 0.0833. The van der Waals surface area contributed by atoms with Crippen LogP contribution in [0.15, 0.2) is 46.2 Å². The van der Waals surface area contributed by atoms with E-state index in [1.54, 1.807) is 18.3 Å². The normalized spacial score (nSPS) is 16.2. The van der Waals surface area contributed by atoms with Crippen LogP contribution in [0.25, 0.3) is 0 Å². The van der Waals surface area contributed by atoms with Crippen LogP contribution in [0.2, 0.25) is 0 Å². The lowest BCUT2D eigenvalue weighted by Gasteiger charge is -2.13. The largest absolute Gasteiger partial charge is 0.285 e. The van der Waals surface area contributed by atoms with Gasteiger partial charge in [0.05, 0.1) is 17.8 Å². The number of sulfonamides is 1. The average molecular weight is 354 g/mol. The molecule has 2 aromatic rings. The number of hydrogen-bond donors (Lipinski definition) is 0. The van der Waals surface area contributed by atoms with Crippen LogP contribution in [0.3, 0.4) is 0 Å². The SMILES string of the molecule is O=C1c2cccnc2S(=O)(=O)N1Cc1ccc(Br)cn1. The summed E-state index contributed by atoms with van der Waals surface area (Å²) in [6, 6.07) is 6.38. The van der Waals surface area contributed by atoms with Crippen LogP contribution in [0, 0.1) is 0 Å². The van der Waals surface area contributed by atoms with Gasteiger partial charge in [0.2, 0.25) is 0 Å². The number of halogens is 1. The first kappa shape index (κ1) is 13.2. The van der Waals surface area contributed by atoms with E-state index >= 15 is 0 Å². The Hall–Kier alpha value is -1.80. The van der Waals surface area contributed by atoms with Crippen molar-refractivity contribution >= 4 is 31.9 Å². The zero-order chi connectivity index (χ0) is 14.3. The molecule has 0 aromatic carbocycles. The molecule has 102 valence electrons. The number of carbonyl (C=O) groups is 1. The molecule has 3 rings (SSSR count). The molecule has 20 heavy (non-hydrogen) atoms. The minimum atomic E-state index is -3.88. The average Bonchev–Trinajstić information content (AvgIpc) is 2.63. The van der Waals surface area contributed by atoms with Crippen molar-refractivity contribution in [2.45, 2.75) is 11.6 Å². The Balaban J connectivity index is 2.00. The molecule has 0 unspecified atom stereocenters. The van der Waals surface area contributed by atoms with Gasteiger partial charge in [0.25, 0.3) is 15.9 Å². The Morgan fingerprint density at radius 3 is 2.65 bits per heavy atom. The maximum Gasteiger partial charge on any atom is 0.285 e. The van der Waals surface area contributed by atoms with Gasteiger partial charge in [-0.1, -0.05) is 0 Å². The van der Waals surface area contributed by atoms with Crippen LogP contribution in [-0.2, 0) is 16.6 Å². The summed E-state index contributed by atoms with van der Waals surface area (Å²) >= 11 is 3.24. The number of carbonyl (C=O) groups excluding carboxylic acids is 1. The summed E-state index contributed by atoms with van der Waals surface area (Å²) in [5.41, 5.74) is 0.586. The molecule has 2 aromatic heterocycles. The molecule has 0 aliphatic carbocycles. The van der Waals surface area contributed by atoms with Crippen LogP contribution in [0.5, 0.6) is 0 Å². The minimum Gasteiger partial charge on any atom is -0.268 e. The smallest absolute Gasteiger partial charge is 0.268 e. The number of pyridine rings is 2. The zero-order valence-corrected chi connectivity index (χ0v) is 12.4. The van der Waals surface area contributed by atoms with Crippen LogP contribution in [0.4, 0.5) is 0 Å². The maximum absolute atomic E-state index is 12.3. The minimum absolute atomic E-state index is 0.101. The quantitative estimate of drug-likeness (QED) is 0.818. The van der Waals surface area contributed by atoms with Gasteiger partial charge in [-0.15, -0.1) is 0 Å². The van der Waals surface area contributed by atoms with Crippen LogP contribution >= 0.6 is 15.9 Å². The molecule has 0 saturated heterocycles. The predicted molar refractivity (Wildman–Crippen MR) is 73.2 cm³/mol. The Morgan fingerprint density at radius 1 is 1.20 bits per heavy atom. The van der Waals surface area contributed by atoms with Crippen molar-refractivity contribution in [3.8, 4) is 0 Å². The van der Waals surface area contributed by atoms with Crippen LogP contribution in [-0.4, -0.2) is 28.6 Å². The van der Waals surface area contributed by atoms with E-state index < -0.39 is 15.9 Å². The molecule has 0 radical (unpaired) electrons. The number of nitrogens with zero attached hydrogens (tertiary/aromatic N) is 3. The predicted octanol–water partition coefficient (Wildman–Crippen LogP) is 1.58. The summed E-state index contributed by atoms with van der Waals surface area (Å²) in [6.45, 7) is -0.106. The van der Waals surface area contributed by atoms with Crippen molar-refractivity contribution in [3.63, 3.8) is 0 Å². The Labute approximate surface area is 123 Å². The van der Waals surface area contributed by atoms with Gasteiger partial charge in [-0.2, -0.15) is 8.42 Å². The number of hydrogen-bond acceptors (Lipinski definition) is 5. The highest BCUT2D eigenvalue weighted by Crippen LogP contribution is 2.29. The van der Waals surface area contributed by atoms with Gasteiger partial charge in [0.15, 0.2) is 5.03 Å². The number of rotatable bonds is 2. The summed E-state index contributed by atoms with van der Waals surface area (Å²) in [4.78, 5) is 20.0.